The maximum Gasteiger partial charge on any atom is -0.00851 e. The molecule has 0 amide bonds. The predicted molar refractivity (Wildman–Crippen MR) is 94.6 cm³/mol. The fraction of sp³-hybridized carbons (Fsp3) is 0.818. The Balaban J connectivity index is 1.69. The Morgan fingerprint density at radius 2 is 1.77 bits per heavy atom. The van der Waals surface area contributed by atoms with Crippen LogP contribution in [0, 0.1) is 34.5 Å². The van der Waals surface area contributed by atoms with Crippen LogP contribution in [0.2, 0.25) is 0 Å². The van der Waals surface area contributed by atoms with Crippen molar-refractivity contribution in [3.05, 3.63) is 23.3 Å². The number of rotatable bonds is 0. The fourth-order valence-electron chi connectivity index (χ4n) is 7.17. The Bertz CT molecular complexity index is 524. The maximum atomic E-state index is 2.70. The van der Waals surface area contributed by atoms with Gasteiger partial charge in [0.25, 0.3) is 0 Å². The lowest BCUT2D eigenvalue weighted by atomic mass is 9.47. The molecule has 3 fully saturated rings. The molecule has 0 aliphatic heterocycles. The van der Waals surface area contributed by atoms with Gasteiger partial charge in [0.2, 0.25) is 0 Å². The van der Waals surface area contributed by atoms with Crippen LogP contribution in [-0.4, -0.2) is 0 Å². The smallest absolute Gasteiger partial charge is 0.00851 e. The third-order valence-corrected chi connectivity index (χ3v) is 8.55. The summed E-state index contributed by atoms with van der Waals surface area (Å²) < 4.78 is 0. The van der Waals surface area contributed by atoms with E-state index in [1.54, 1.807) is 5.57 Å². The minimum atomic E-state index is 0.541. The average Bonchev–Trinajstić information content (AvgIpc) is 2.84. The third-order valence-electron chi connectivity index (χ3n) is 8.55. The molecule has 22 heavy (non-hydrogen) atoms. The van der Waals surface area contributed by atoms with Crippen molar-refractivity contribution in [2.75, 3.05) is 0 Å². The van der Waals surface area contributed by atoms with Crippen LogP contribution in [0.1, 0.15) is 79.1 Å². The third kappa shape index (κ3) is 1.88. The van der Waals surface area contributed by atoms with Crippen molar-refractivity contribution in [2.24, 2.45) is 34.5 Å². The van der Waals surface area contributed by atoms with E-state index in [0.717, 1.165) is 23.7 Å². The highest BCUT2D eigenvalue weighted by Crippen LogP contribution is 2.66. The van der Waals surface area contributed by atoms with Gasteiger partial charge in [0, 0.05) is 0 Å². The quantitative estimate of drug-likeness (QED) is 0.446. The minimum Gasteiger partial charge on any atom is -0.0879 e. The van der Waals surface area contributed by atoms with Crippen LogP contribution in [0.15, 0.2) is 23.3 Å². The predicted octanol–water partition coefficient (Wildman–Crippen LogP) is 6.53. The second kappa shape index (κ2) is 4.99. The summed E-state index contributed by atoms with van der Waals surface area (Å²) in [4.78, 5) is 0. The van der Waals surface area contributed by atoms with E-state index >= 15 is 0 Å². The van der Waals surface area contributed by atoms with Crippen molar-refractivity contribution in [2.45, 2.75) is 79.1 Å². The first-order valence-corrected chi connectivity index (χ1v) is 9.84. The number of hydrogen-bond acceptors (Lipinski definition) is 0. The Morgan fingerprint density at radius 3 is 2.55 bits per heavy atom. The lowest BCUT2D eigenvalue weighted by molar-refractivity contribution is -0.0173. The van der Waals surface area contributed by atoms with Gasteiger partial charge in [0.15, 0.2) is 0 Å². The molecule has 4 aliphatic rings. The van der Waals surface area contributed by atoms with Crippen LogP contribution >= 0.6 is 0 Å². The summed E-state index contributed by atoms with van der Waals surface area (Å²) in [6.45, 7) is 9.97. The van der Waals surface area contributed by atoms with Gasteiger partial charge >= 0.3 is 0 Å². The highest BCUT2D eigenvalue weighted by Gasteiger charge is 2.56. The first-order valence-electron chi connectivity index (χ1n) is 9.84. The van der Waals surface area contributed by atoms with Crippen LogP contribution in [-0.2, 0) is 0 Å². The molecule has 4 aliphatic carbocycles. The molecule has 0 aromatic carbocycles. The molecule has 0 saturated heterocycles. The molecule has 0 unspecified atom stereocenters. The van der Waals surface area contributed by atoms with Crippen LogP contribution in [0.3, 0.4) is 0 Å². The van der Waals surface area contributed by atoms with Gasteiger partial charge in [-0.1, -0.05) is 44.1 Å². The van der Waals surface area contributed by atoms with Crippen LogP contribution in [0.5, 0.6) is 0 Å². The summed E-state index contributed by atoms with van der Waals surface area (Å²) in [5.41, 5.74) is 4.73. The monoisotopic (exact) mass is 298 g/mol. The lowest BCUT2D eigenvalue weighted by Crippen LogP contribution is -2.49. The Hall–Kier alpha value is -0.520. The van der Waals surface area contributed by atoms with Gasteiger partial charge < -0.3 is 0 Å². The largest absolute Gasteiger partial charge is 0.0879 e. The molecule has 0 aromatic heterocycles. The lowest BCUT2D eigenvalue weighted by Gasteiger charge is -2.57. The van der Waals surface area contributed by atoms with Gasteiger partial charge in [0.05, 0.1) is 0 Å². The van der Waals surface area contributed by atoms with E-state index < -0.39 is 0 Å². The highest BCUT2D eigenvalue weighted by atomic mass is 14.6. The van der Waals surface area contributed by atoms with Crippen LogP contribution in [0.25, 0.3) is 0 Å². The summed E-state index contributed by atoms with van der Waals surface area (Å²) in [6, 6.07) is 0. The zero-order chi connectivity index (χ0) is 15.5. The van der Waals surface area contributed by atoms with E-state index in [1.807, 2.05) is 5.57 Å². The van der Waals surface area contributed by atoms with Crippen molar-refractivity contribution in [3.8, 4) is 0 Å². The van der Waals surface area contributed by atoms with Gasteiger partial charge in [-0.2, -0.15) is 0 Å². The number of allylic oxidation sites excluding steroid dienone is 4. The zero-order valence-electron chi connectivity index (χ0n) is 15.1. The molecule has 0 aromatic rings. The normalized spacial score (nSPS) is 52.7. The topological polar surface area (TPSA) is 0 Å². The van der Waals surface area contributed by atoms with Gasteiger partial charge in [-0.25, -0.2) is 0 Å². The van der Waals surface area contributed by atoms with Crippen molar-refractivity contribution in [1.82, 2.24) is 0 Å². The fourth-order valence-corrected chi connectivity index (χ4v) is 7.17. The van der Waals surface area contributed by atoms with Crippen LogP contribution in [0.4, 0.5) is 0 Å². The highest BCUT2D eigenvalue weighted by molar-refractivity contribution is 5.28. The summed E-state index contributed by atoms with van der Waals surface area (Å²) >= 11 is 0. The Labute approximate surface area is 137 Å². The molecule has 0 nitrogen and oxygen atoms in total. The van der Waals surface area contributed by atoms with E-state index in [0.29, 0.717) is 10.8 Å². The maximum absolute atomic E-state index is 2.70. The first kappa shape index (κ1) is 15.0. The molecule has 0 N–H and O–H groups in total. The van der Waals surface area contributed by atoms with Crippen molar-refractivity contribution in [1.29, 1.82) is 0 Å². The SMILES string of the molecule is C/C=C1/CC[C@H]2[C@@H]3CC=C4C[C@@H](C)CC[C@]4(C)[C@H]3CC[C@]12C. The summed E-state index contributed by atoms with van der Waals surface area (Å²) in [5, 5.41) is 0. The Kier molecular flexibility index (Phi) is 3.41. The van der Waals surface area contributed by atoms with E-state index in [1.165, 1.54) is 51.4 Å². The molecule has 0 spiro atoms. The van der Waals surface area contributed by atoms with Gasteiger partial charge in [-0.05, 0) is 92.8 Å². The average molecular weight is 299 g/mol. The molecular formula is C22H34. The zero-order valence-corrected chi connectivity index (χ0v) is 15.1. The van der Waals surface area contributed by atoms with E-state index in [-0.39, 0.29) is 0 Å². The minimum absolute atomic E-state index is 0.541. The van der Waals surface area contributed by atoms with Gasteiger partial charge in [-0.15, -0.1) is 0 Å². The number of fused-ring (bicyclic) bond motifs is 5. The van der Waals surface area contributed by atoms with Crippen molar-refractivity contribution in [3.63, 3.8) is 0 Å². The summed E-state index contributed by atoms with van der Waals surface area (Å²) in [5.74, 6) is 3.84. The number of hydrogen-bond donors (Lipinski definition) is 0. The molecule has 3 saturated carbocycles. The van der Waals surface area contributed by atoms with Gasteiger partial charge in [-0.3, -0.25) is 0 Å². The first-order chi connectivity index (χ1) is 10.5. The second-order valence-electron chi connectivity index (χ2n) is 9.42. The van der Waals surface area contributed by atoms with Crippen molar-refractivity contribution >= 4 is 0 Å². The van der Waals surface area contributed by atoms with E-state index in [4.69, 9.17) is 0 Å². The molecule has 6 atom stereocenters. The molecule has 4 rings (SSSR count). The standard InChI is InChI=1S/C22H34/c1-5-16-7-9-19-18-8-6-17-14-15(2)10-12-22(17,4)20(18)11-13-21(16,19)3/h5-6,15,18-20H,7-14H2,1-4H3/b16-5-/t15-,18-,19-,20-,21+,22-/m0/s1. The Morgan fingerprint density at radius 1 is 1.05 bits per heavy atom. The molecule has 0 radical (unpaired) electrons. The van der Waals surface area contributed by atoms with E-state index in [2.05, 4.69) is 39.8 Å². The molecule has 0 bridgehead atoms. The molecular weight excluding hydrogens is 264 g/mol. The van der Waals surface area contributed by atoms with E-state index in [9.17, 15) is 0 Å². The molecule has 0 heteroatoms. The van der Waals surface area contributed by atoms with Gasteiger partial charge in [0.1, 0.15) is 0 Å². The summed E-state index contributed by atoms with van der Waals surface area (Å²) in [6.07, 6.45) is 16.6. The second-order valence-corrected chi connectivity index (χ2v) is 9.42. The molecule has 122 valence electrons. The van der Waals surface area contributed by atoms with Crippen molar-refractivity contribution < 1.29 is 0 Å². The molecule has 0 heterocycles. The summed E-state index contributed by atoms with van der Waals surface area (Å²) in [7, 11) is 0. The van der Waals surface area contributed by atoms with Crippen LogP contribution < -0.4 is 0 Å².